The van der Waals surface area contributed by atoms with Gasteiger partial charge in [-0.3, -0.25) is 0 Å². The third kappa shape index (κ3) is 3.97. The number of imidazole rings is 1. The predicted octanol–water partition coefficient (Wildman–Crippen LogP) is 5.68. The topological polar surface area (TPSA) is 65.4 Å². The van der Waals surface area contributed by atoms with Gasteiger partial charge in [0, 0.05) is 7.05 Å². The van der Waals surface area contributed by atoms with Crippen LogP contribution >= 0.6 is 0 Å². The van der Waals surface area contributed by atoms with Gasteiger partial charge in [-0.1, -0.05) is 0 Å². The number of rotatable bonds is 5. The minimum Gasteiger partial charge on any atom is -0.331 e. The Morgan fingerprint density at radius 2 is 1.78 bits per heavy atom. The Hall–Kier alpha value is -3.65. The Morgan fingerprint density at radius 3 is 2.31 bits per heavy atom. The van der Waals surface area contributed by atoms with Crippen LogP contribution in [0, 0.1) is 48.1 Å². The number of aryl methyl sites for hydroxylation is 1. The van der Waals surface area contributed by atoms with Crippen LogP contribution < -0.4 is 0 Å². The summed E-state index contributed by atoms with van der Waals surface area (Å²) in [7, 11) is 1.70. The molecule has 2 unspecified atom stereocenters. The third-order valence-electron chi connectivity index (χ3n) is 5.67. The van der Waals surface area contributed by atoms with E-state index in [0.717, 1.165) is 19.1 Å². The summed E-state index contributed by atoms with van der Waals surface area (Å²) in [5.74, 6) is -0.928. The van der Waals surface area contributed by atoms with Crippen molar-refractivity contribution in [1.82, 2.24) is 9.55 Å². The number of benzene rings is 2. The van der Waals surface area contributed by atoms with E-state index in [1.54, 1.807) is 31.5 Å². The molecule has 0 saturated carbocycles. The minimum absolute atomic E-state index is 0.0569. The minimum atomic E-state index is -2.16. The first-order chi connectivity index (χ1) is 15.1. The molecule has 3 rings (SSSR count). The second-order valence-electron chi connectivity index (χ2n) is 7.64. The van der Waals surface area contributed by atoms with Crippen LogP contribution in [-0.2, 0) is 13.5 Å². The van der Waals surface area contributed by atoms with Crippen molar-refractivity contribution in [2.45, 2.75) is 39.5 Å². The smallest absolute Gasteiger partial charge is 0.156 e. The summed E-state index contributed by atoms with van der Waals surface area (Å²) >= 11 is 0. The van der Waals surface area contributed by atoms with E-state index in [1.165, 1.54) is 12.3 Å². The van der Waals surface area contributed by atoms with Crippen LogP contribution in [0.2, 0.25) is 0 Å². The van der Waals surface area contributed by atoms with Crippen molar-refractivity contribution in [2.75, 3.05) is 0 Å². The van der Waals surface area contributed by atoms with E-state index in [0.29, 0.717) is 22.6 Å². The van der Waals surface area contributed by atoms with E-state index < -0.39 is 24.0 Å². The van der Waals surface area contributed by atoms with Gasteiger partial charge in [-0.15, -0.1) is 0 Å². The highest BCUT2D eigenvalue weighted by Gasteiger charge is 2.26. The van der Waals surface area contributed by atoms with E-state index in [1.807, 2.05) is 6.07 Å². The van der Waals surface area contributed by atoms with E-state index in [-0.39, 0.29) is 34.2 Å². The number of nitriles is 2. The zero-order valence-electron chi connectivity index (χ0n) is 18.0. The lowest BCUT2D eigenvalue weighted by molar-refractivity contribution is 0.183. The van der Waals surface area contributed by atoms with Gasteiger partial charge in [-0.25, -0.2) is 22.5 Å². The van der Waals surface area contributed by atoms with Gasteiger partial charge in [-0.2, -0.15) is 10.5 Å². The zero-order chi connectivity index (χ0) is 23.7. The lowest BCUT2D eigenvalue weighted by Crippen LogP contribution is -2.11. The molecule has 0 aliphatic heterocycles. The molecular formula is C24H20F4N4. The Kier molecular flexibility index (Phi) is 6.36. The van der Waals surface area contributed by atoms with Crippen molar-refractivity contribution in [2.24, 2.45) is 7.05 Å². The van der Waals surface area contributed by atoms with Crippen molar-refractivity contribution >= 4 is 0 Å². The number of nitrogens with zero attached hydrogens (tertiary/aromatic N) is 4. The van der Waals surface area contributed by atoms with Crippen LogP contribution in [0.25, 0.3) is 11.3 Å². The molecule has 0 radical (unpaired) electrons. The Morgan fingerprint density at radius 1 is 1.09 bits per heavy atom. The molecule has 32 heavy (non-hydrogen) atoms. The Balaban J connectivity index is 2.22. The highest BCUT2D eigenvalue weighted by Crippen LogP contribution is 2.35. The summed E-state index contributed by atoms with van der Waals surface area (Å²) in [5, 5.41) is 19.2. The first-order valence-electron chi connectivity index (χ1n) is 9.82. The molecule has 0 aliphatic carbocycles. The fourth-order valence-corrected chi connectivity index (χ4v) is 3.75. The van der Waals surface area contributed by atoms with Crippen LogP contribution in [0.4, 0.5) is 17.6 Å². The fraction of sp³-hybridized carbons (Fsp3) is 0.292. The predicted molar refractivity (Wildman–Crippen MR) is 111 cm³/mol. The molecule has 0 N–H and O–H groups in total. The summed E-state index contributed by atoms with van der Waals surface area (Å²) in [6.07, 6.45) is -2.81. The number of alkyl halides is 2. The molecule has 2 atom stereocenters. The second kappa shape index (κ2) is 8.84. The van der Waals surface area contributed by atoms with Gasteiger partial charge in [0.2, 0.25) is 0 Å². The quantitative estimate of drug-likeness (QED) is 0.479. The van der Waals surface area contributed by atoms with Crippen molar-refractivity contribution in [3.05, 3.63) is 75.2 Å². The Bertz CT molecular complexity index is 1280. The standard InChI is InChI=1S/C24H20F4N4/c1-12-15(6-18-16(9-29)5-17(26)8-19(18)24(28)13(2)25)7-21(27)23(20(12)10-30)22-11-31-14(3)32(22)4/h5,7-8,11,13,24H,6H2,1-4H3. The first-order valence-corrected chi connectivity index (χ1v) is 9.82. The van der Waals surface area contributed by atoms with Gasteiger partial charge in [-0.05, 0) is 67.6 Å². The first kappa shape index (κ1) is 23.0. The molecular weight excluding hydrogens is 420 g/mol. The zero-order valence-corrected chi connectivity index (χ0v) is 18.0. The highest BCUT2D eigenvalue weighted by atomic mass is 19.2. The average Bonchev–Trinajstić information content (AvgIpc) is 3.08. The maximum absolute atomic E-state index is 15.2. The summed E-state index contributed by atoms with van der Waals surface area (Å²) in [4.78, 5) is 4.15. The maximum atomic E-state index is 15.2. The normalized spacial score (nSPS) is 12.8. The van der Waals surface area contributed by atoms with Crippen LogP contribution in [0.3, 0.4) is 0 Å². The summed E-state index contributed by atoms with van der Waals surface area (Å²) < 4.78 is 59.1. The molecule has 0 aliphatic rings. The third-order valence-corrected chi connectivity index (χ3v) is 5.67. The number of aromatic nitrogens is 2. The SMILES string of the molecule is Cc1c(Cc2c(C#N)cc(F)cc2C(F)C(C)F)cc(F)c(-c2cnc(C)n2C)c1C#N. The Labute approximate surface area is 183 Å². The van der Waals surface area contributed by atoms with Gasteiger partial charge in [0.25, 0.3) is 0 Å². The molecule has 3 aromatic rings. The van der Waals surface area contributed by atoms with Crippen LogP contribution in [0.5, 0.6) is 0 Å². The lowest BCUT2D eigenvalue weighted by atomic mass is 9.87. The summed E-state index contributed by atoms with van der Waals surface area (Å²) in [6.45, 7) is 4.35. The monoisotopic (exact) mass is 440 g/mol. The molecule has 0 bridgehead atoms. The van der Waals surface area contributed by atoms with Crippen molar-refractivity contribution in [3.8, 4) is 23.4 Å². The fourth-order valence-electron chi connectivity index (χ4n) is 3.75. The number of halogens is 4. The number of hydrogen-bond acceptors (Lipinski definition) is 3. The van der Waals surface area contributed by atoms with Gasteiger partial charge < -0.3 is 4.57 Å². The van der Waals surface area contributed by atoms with Gasteiger partial charge in [0.1, 0.15) is 29.7 Å². The molecule has 0 fully saturated rings. The molecule has 4 nitrogen and oxygen atoms in total. The molecule has 8 heteroatoms. The van der Waals surface area contributed by atoms with Gasteiger partial charge in [0.15, 0.2) is 6.17 Å². The van der Waals surface area contributed by atoms with Crippen molar-refractivity contribution in [3.63, 3.8) is 0 Å². The molecule has 164 valence electrons. The molecule has 1 aromatic heterocycles. The molecule has 0 amide bonds. The van der Waals surface area contributed by atoms with E-state index >= 15 is 4.39 Å². The largest absolute Gasteiger partial charge is 0.331 e. The summed E-state index contributed by atoms with van der Waals surface area (Å²) in [5.41, 5.74) is 0.880. The number of hydrogen-bond donors (Lipinski definition) is 0. The van der Waals surface area contributed by atoms with Crippen molar-refractivity contribution < 1.29 is 17.6 Å². The van der Waals surface area contributed by atoms with E-state index in [4.69, 9.17) is 0 Å². The average molecular weight is 440 g/mol. The lowest BCUT2D eigenvalue weighted by Gasteiger charge is -2.19. The molecule has 2 aromatic carbocycles. The molecule has 0 saturated heterocycles. The second-order valence-corrected chi connectivity index (χ2v) is 7.64. The molecule has 0 spiro atoms. The van der Waals surface area contributed by atoms with Crippen LogP contribution in [0.1, 0.15) is 52.3 Å². The highest BCUT2D eigenvalue weighted by molar-refractivity contribution is 5.71. The van der Waals surface area contributed by atoms with E-state index in [9.17, 15) is 23.7 Å². The van der Waals surface area contributed by atoms with Gasteiger partial charge in [0.05, 0.1) is 34.7 Å². The maximum Gasteiger partial charge on any atom is 0.156 e. The van der Waals surface area contributed by atoms with Crippen LogP contribution in [-0.4, -0.2) is 15.7 Å². The summed E-state index contributed by atoms with van der Waals surface area (Å²) in [6, 6.07) is 6.80. The molecule has 1 heterocycles. The van der Waals surface area contributed by atoms with Crippen molar-refractivity contribution in [1.29, 1.82) is 10.5 Å². The van der Waals surface area contributed by atoms with Gasteiger partial charge >= 0.3 is 0 Å². The van der Waals surface area contributed by atoms with Crippen LogP contribution in [0.15, 0.2) is 24.4 Å². The van der Waals surface area contributed by atoms with E-state index in [2.05, 4.69) is 4.98 Å².